The summed E-state index contributed by atoms with van der Waals surface area (Å²) in [5.41, 5.74) is 2.11. The predicted octanol–water partition coefficient (Wildman–Crippen LogP) is 3.30. The summed E-state index contributed by atoms with van der Waals surface area (Å²) >= 11 is 5.12. The zero-order valence-corrected chi connectivity index (χ0v) is 11.4. The van der Waals surface area contributed by atoms with Gasteiger partial charge in [-0.25, -0.2) is 0 Å². The Balaban J connectivity index is 2.56. The number of rotatable bonds is 3. The summed E-state index contributed by atoms with van der Waals surface area (Å²) in [5.74, 6) is 1.39. The summed E-state index contributed by atoms with van der Waals surface area (Å²) < 4.78 is 10.9. The normalized spacial score (nSPS) is 9.74. The molecular formula is C14H12N2O2S. The van der Waals surface area contributed by atoms with Crippen LogP contribution in [0.3, 0.4) is 0 Å². The van der Waals surface area contributed by atoms with Gasteiger partial charge in [0.05, 0.1) is 25.5 Å². The zero-order chi connectivity index (χ0) is 13.8. The Hall–Kier alpha value is -2.32. The van der Waals surface area contributed by atoms with Crippen molar-refractivity contribution in [3.63, 3.8) is 0 Å². The minimum absolute atomic E-state index is 0.415. The highest BCUT2D eigenvalue weighted by atomic mass is 32.1. The van der Waals surface area contributed by atoms with E-state index in [2.05, 4.69) is 4.98 Å². The molecule has 0 saturated carbocycles. The Kier molecular flexibility index (Phi) is 3.83. The van der Waals surface area contributed by atoms with E-state index >= 15 is 0 Å². The topological polar surface area (TPSA) is 58.0 Å². The predicted molar refractivity (Wildman–Crippen MR) is 74.9 cm³/mol. The number of nitriles is 1. The second-order valence-electron chi connectivity index (χ2n) is 3.79. The van der Waals surface area contributed by atoms with Crippen molar-refractivity contribution in [3.05, 3.63) is 40.5 Å². The molecule has 0 bridgehead atoms. The van der Waals surface area contributed by atoms with Crippen molar-refractivity contribution in [2.75, 3.05) is 14.2 Å². The molecule has 0 aliphatic heterocycles. The summed E-state index contributed by atoms with van der Waals surface area (Å²) in [6, 6.07) is 11.0. The quantitative estimate of drug-likeness (QED) is 0.871. The lowest BCUT2D eigenvalue weighted by Crippen LogP contribution is -1.93. The molecule has 0 saturated heterocycles. The van der Waals surface area contributed by atoms with Gasteiger partial charge in [0.15, 0.2) is 0 Å². The first-order chi connectivity index (χ1) is 9.19. The number of hydrogen-bond donors (Lipinski definition) is 1. The molecule has 1 heterocycles. The van der Waals surface area contributed by atoms with Gasteiger partial charge in [0.25, 0.3) is 0 Å². The summed E-state index contributed by atoms with van der Waals surface area (Å²) in [6.45, 7) is 0. The van der Waals surface area contributed by atoms with E-state index in [9.17, 15) is 0 Å². The monoisotopic (exact) mass is 272 g/mol. The van der Waals surface area contributed by atoms with E-state index in [4.69, 9.17) is 27.0 Å². The van der Waals surface area contributed by atoms with Crippen LogP contribution in [-0.4, -0.2) is 19.2 Å². The highest BCUT2D eigenvalue weighted by Crippen LogP contribution is 2.32. The summed E-state index contributed by atoms with van der Waals surface area (Å²) in [7, 11) is 3.19. The first-order valence-electron chi connectivity index (χ1n) is 5.55. The minimum atomic E-state index is 0.415. The Morgan fingerprint density at radius 2 is 1.95 bits per heavy atom. The van der Waals surface area contributed by atoms with Crippen LogP contribution in [-0.2, 0) is 0 Å². The van der Waals surface area contributed by atoms with Gasteiger partial charge in [-0.2, -0.15) is 5.26 Å². The van der Waals surface area contributed by atoms with Gasteiger partial charge in [0, 0.05) is 11.6 Å². The maximum absolute atomic E-state index is 8.87. The third kappa shape index (κ3) is 2.59. The molecule has 0 spiro atoms. The first kappa shape index (κ1) is 13.1. The largest absolute Gasteiger partial charge is 0.497 e. The number of benzene rings is 1. The molecule has 19 heavy (non-hydrogen) atoms. The van der Waals surface area contributed by atoms with Crippen LogP contribution in [0.2, 0.25) is 0 Å². The maximum atomic E-state index is 8.87. The average molecular weight is 272 g/mol. The molecule has 1 aromatic carbocycles. The van der Waals surface area contributed by atoms with Gasteiger partial charge in [0.1, 0.15) is 22.2 Å². The van der Waals surface area contributed by atoms with E-state index in [0.29, 0.717) is 21.7 Å². The Morgan fingerprint density at radius 3 is 2.53 bits per heavy atom. The smallest absolute Gasteiger partial charge is 0.131 e. The summed E-state index contributed by atoms with van der Waals surface area (Å²) in [6.07, 6.45) is 0. The van der Waals surface area contributed by atoms with Crippen LogP contribution < -0.4 is 9.47 Å². The second-order valence-corrected chi connectivity index (χ2v) is 4.20. The Bertz CT molecular complexity index is 701. The van der Waals surface area contributed by atoms with Crippen LogP contribution in [0, 0.1) is 16.0 Å². The van der Waals surface area contributed by atoms with Crippen LogP contribution in [0.4, 0.5) is 0 Å². The Labute approximate surface area is 116 Å². The van der Waals surface area contributed by atoms with Crippen LogP contribution in [0.5, 0.6) is 11.5 Å². The van der Waals surface area contributed by atoms with Crippen molar-refractivity contribution < 1.29 is 9.47 Å². The minimum Gasteiger partial charge on any atom is -0.497 e. The molecule has 2 aromatic rings. The molecule has 1 N–H and O–H groups in total. The molecule has 0 unspecified atom stereocenters. The van der Waals surface area contributed by atoms with E-state index in [0.717, 1.165) is 11.3 Å². The van der Waals surface area contributed by atoms with E-state index in [1.54, 1.807) is 32.4 Å². The molecular weight excluding hydrogens is 260 g/mol. The van der Waals surface area contributed by atoms with Gasteiger partial charge in [-0.1, -0.05) is 12.2 Å². The van der Waals surface area contributed by atoms with Crippen molar-refractivity contribution in [1.82, 2.24) is 4.98 Å². The van der Waals surface area contributed by atoms with Crippen molar-refractivity contribution >= 4 is 12.2 Å². The van der Waals surface area contributed by atoms with E-state index in [1.807, 2.05) is 18.2 Å². The van der Waals surface area contributed by atoms with E-state index in [-0.39, 0.29) is 0 Å². The second kappa shape index (κ2) is 5.55. The number of nitrogens with zero attached hydrogens (tertiary/aromatic N) is 1. The van der Waals surface area contributed by atoms with Crippen LogP contribution in [0.25, 0.3) is 11.3 Å². The van der Waals surface area contributed by atoms with Gasteiger partial charge < -0.3 is 14.5 Å². The lowest BCUT2D eigenvalue weighted by molar-refractivity contribution is 0.395. The van der Waals surface area contributed by atoms with Crippen molar-refractivity contribution in [3.8, 4) is 28.8 Å². The van der Waals surface area contributed by atoms with Gasteiger partial charge in [-0.3, -0.25) is 0 Å². The number of hydrogen-bond acceptors (Lipinski definition) is 4. The molecule has 0 aliphatic carbocycles. The molecule has 0 atom stereocenters. The number of pyridine rings is 1. The van der Waals surface area contributed by atoms with Crippen LogP contribution in [0.15, 0.2) is 30.3 Å². The molecule has 2 rings (SSSR count). The standard InChI is InChI=1S/C14H12N2O2S/c1-17-10-4-5-11(13(7-10)18-2)12-6-3-9(8-15)14(19)16-12/h3-7H,1-2H3,(H,16,19). The van der Waals surface area contributed by atoms with Crippen LogP contribution >= 0.6 is 12.2 Å². The number of ether oxygens (including phenoxy) is 2. The first-order valence-corrected chi connectivity index (χ1v) is 5.96. The third-order valence-electron chi connectivity index (χ3n) is 2.73. The van der Waals surface area contributed by atoms with Crippen molar-refractivity contribution in [2.45, 2.75) is 0 Å². The lowest BCUT2D eigenvalue weighted by Gasteiger charge is -2.10. The van der Waals surface area contributed by atoms with E-state index < -0.39 is 0 Å². The number of methoxy groups -OCH3 is 2. The average Bonchev–Trinajstić information content (AvgIpc) is 2.46. The van der Waals surface area contributed by atoms with Gasteiger partial charge in [-0.05, 0) is 24.3 Å². The highest BCUT2D eigenvalue weighted by molar-refractivity contribution is 7.71. The fourth-order valence-electron chi connectivity index (χ4n) is 1.74. The molecule has 96 valence electrons. The lowest BCUT2D eigenvalue weighted by atomic mass is 10.1. The SMILES string of the molecule is COc1ccc(-c2ccc(C#N)c(=S)[nH]2)c(OC)c1. The van der Waals surface area contributed by atoms with E-state index in [1.165, 1.54) is 0 Å². The molecule has 0 amide bonds. The molecule has 5 heteroatoms. The molecule has 0 fully saturated rings. The number of nitrogens with one attached hydrogen (secondary N) is 1. The van der Waals surface area contributed by atoms with Gasteiger partial charge >= 0.3 is 0 Å². The third-order valence-corrected chi connectivity index (χ3v) is 3.05. The maximum Gasteiger partial charge on any atom is 0.131 e. The van der Waals surface area contributed by atoms with Crippen molar-refractivity contribution in [2.24, 2.45) is 0 Å². The number of aromatic nitrogens is 1. The highest BCUT2D eigenvalue weighted by Gasteiger charge is 2.08. The molecule has 0 aliphatic rings. The van der Waals surface area contributed by atoms with Crippen molar-refractivity contribution in [1.29, 1.82) is 5.26 Å². The number of aromatic amines is 1. The zero-order valence-electron chi connectivity index (χ0n) is 10.6. The fraction of sp³-hybridized carbons (Fsp3) is 0.143. The number of H-pyrrole nitrogens is 1. The van der Waals surface area contributed by atoms with Crippen LogP contribution in [0.1, 0.15) is 5.56 Å². The molecule has 0 radical (unpaired) electrons. The van der Waals surface area contributed by atoms with Gasteiger partial charge in [-0.15, -0.1) is 0 Å². The van der Waals surface area contributed by atoms with Gasteiger partial charge in [0.2, 0.25) is 0 Å². The summed E-state index contributed by atoms with van der Waals surface area (Å²) in [5, 5.41) is 8.87. The summed E-state index contributed by atoms with van der Waals surface area (Å²) in [4.78, 5) is 3.03. The Morgan fingerprint density at radius 1 is 1.16 bits per heavy atom. The fourth-order valence-corrected chi connectivity index (χ4v) is 1.96. The molecule has 4 nitrogen and oxygen atoms in total. The molecule has 1 aromatic heterocycles.